The van der Waals surface area contributed by atoms with Gasteiger partial charge in [0.25, 0.3) is 5.91 Å². The smallest absolute Gasteiger partial charge is 0.256 e. The van der Waals surface area contributed by atoms with Gasteiger partial charge in [0.15, 0.2) is 0 Å². The van der Waals surface area contributed by atoms with Crippen molar-refractivity contribution in [2.24, 2.45) is 5.73 Å². The Morgan fingerprint density at radius 2 is 1.70 bits per heavy atom. The molecule has 8 heteroatoms. The standard InChI is InChI=1S/C15H17ClFN3O2.ClH/c16-10-1-2-11(12(17)9-10)13(21)19-5-7-20(8-6-19)14(22)15(18)3-4-15;/h1-2,9H,3-8,18H2;1H. The van der Waals surface area contributed by atoms with E-state index in [4.69, 9.17) is 17.3 Å². The van der Waals surface area contributed by atoms with Gasteiger partial charge in [-0.2, -0.15) is 0 Å². The van der Waals surface area contributed by atoms with E-state index in [9.17, 15) is 14.0 Å². The van der Waals surface area contributed by atoms with Crippen molar-refractivity contribution in [1.82, 2.24) is 9.80 Å². The number of nitrogens with two attached hydrogens (primary N) is 1. The molecule has 2 N–H and O–H groups in total. The molecule has 2 amide bonds. The van der Waals surface area contributed by atoms with E-state index in [1.54, 1.807) is 9.80 Å². The van der Waals surface area contributed by atoms with Crippen molar-refractivity contribution in [2.75, 3.05) is 26.2 Å². The average molecular weight is 362 g/mol. The highest BCUT2D eigenvalue weighted by Crippen LogP contribution is 2.34. The van der Waals surface area contributed by atoms with Crippen molar-refractivity contribution in [2.45, 2.75) is 18.4 Å². The average Bonchev–Trinajstić information content (AvgIpc) is 3.25. The van der Waals surface area contributed by atoms with E-state index in [1.807, 2.05) is 0 Å². The lowest BCUT2D eigenvalue weighted by molar-refractivity contribution is -0.135. The Morgan fingerprint density at radius 1 is 1.13 bits per heavy atom. The Hall–Kier alpha value is -1.37. The minimum atomic E-state index is -0.686. The SMILES string of the molecule is Cl.NC1(C(=O)N2CCN(C(=O)c3ccc(Cl)cc3F)CC2)CC1. The largest absolute Gasteiger partial charge is 0.338 e. The molecule has 2 fully saturated rings. The van der Waals surface area contributed by atoms with Crippen LogP contribution < -0.4 is 5.73 Å². The molecule has 1 aliphatic heterocycles. The van der Waals surface area contributed by atoms with E-state index in [1.165, 1.54) is 12.1 Å². The Morgan fingerprint density at radius 3 is 2.22 bits per heavy atom. The molecule has 0 radical (unpaired) electrons. The second-order valence-corrected chi connectivity index (χ2v) is 6.30. The molecular formula is C15H18Cl2FN3O2. The molecule has 0 unspecified atom stereocenters. The van der Waals surface area contributed by atoms with E-state index in [-0.39, 0.29) is 34.8 Å². The van der Waals surface area contributed by atoms with Gasteiger partial charge in [-0.3, -0.25) is 9.59 Å². The second-order valence-electron chi connectivity index (χ2n) is 5.86. The number of carbonyl (C=O) groups is 2. The van der Waals surface area contributed by atoms with E-state index in [2.05, 4.69) is 0 Å². The van der Waals surface area contributed by atoms with Crippen molar-refractivity contribution >= 4 is 35.8 Å². The predicted molar refractivity (Wildman–Crippen MR) is 87.3 cm³/mol. The van der Waals surface area contributed by atoms with Gasteiger partial charge in [0.2, 0.25) is 5.91 Å². The lowest BCUT2D eigenvalue weighted by Crippen LogP contribution is -2.55. The number of rotatable bonds is 2. The zero-order chi connectivity index (χ0) is 15.9. The summed E-state index contributed by atoms with van der Waals surface area (Å²) in [5.41, 5.74) is 5.22. The number of hydrogen-bond acceptors (Lipinski definition) is 3. The third-order valence-corrected chi connectivity index (χ3v) is 4.47. The summed E-state index contributed by atoms with van der Waals surface area (Å²) in [6.07, 6.45) is 1.45. The summed E-state index contributed by atoms with van der Waals surface area (Å²) >= 11 is 5.69. The Labute approximate surface area is 145 Å². The van der Waals surface area contributed by atoms with Gasteiger partial charge in [-0.25, -0.2) is 4.39 Å². The third kappa shape index (κ3) is 3.59. The van der Waals surface area contributed by atoms with Crippen LogP contribution >= 0.6 is 24.0 Å². The highest BCUT2D eigenvalue weighted by molar-refractivity contribution is 6.30. The van der Waals surface area contributed by atoms with Crippen molar-refractivity contribution in [1.29, 1.82) is 0 Å². The Bertz CT molecular complexity index is 629. The molecule has 23 heavy (non-hydrogen) atoms. The van der Waals surface area contributed by atoms with Gasteiger partial charge in [0.05, 0.1) is 11.1 Å². The van der Waals surface area contributed by atoms with E-state index in [0.29, 0.717) is 26.2 Å². The maximum atomic E-state index is 13.8. The molecular weight excluding hydrogens is 344 g/mol. The van der Waals surface area contributed by atoms with Gasteiger partial charge in [0, 0.05) is 31.2 Å². The molecule has 1 saturated heterocycles. The molecule has 0 bridgehead atoms. The fraction of sp³-hybridized carbons (Fsp3) is 0.467. The van der Waals surface area contributed by atoms with E-state index >= 15 is 0 Å². The third-order valence-electron chi connectivity index (χ3n) is 4.23. The van der Waals surface area contributed by atoms with Crippen LogP contribution in [0.5, 0.6) is 0 Å². The summed E-state index contributed by atoms with van der Waals surface area (Å²) in [6, 6.07) is 4.00. The van der Waals surface area contributed by atoms with Crippen molar-refractivity contribution in [3.63, 3.8) is 0 Å². The van der Waals surface area contributed by atoms with Crippen LogP contribution in [0.15, 0.2) is 18.2 Å². The van der Waals surface area contributed by atoms with Gasteiger partial charge in [0.1, 0.15) is 5.82 Å². The molecule has 5 nitrogen and oxygen atoms in total. The number of nitrogens with zero attached hydrogens (tertiary/aromatic N) is 2. The van der Waals surface area contributed by atoms with Crippen LogP contribution in [0.1, 0.15) is 23.2 Å². The van der Waals surface area contributed by atoms with Crippen LogP contribution in [0.3, 0.4) is 0 Å². The molecule has 3 rings (SSSR count). The summed E-state index contributed by atoms with van der Waals surface area (Å²) in [6.45, 7) is 1.61. The highest BCUT2D eigenvalue weighted by Gasteiger charge is 2.48. The number of amides is 2. The first-order valence-electron chi connectivity index (χ1n) is 7.23. The second kappa shape index (κ2) is 6.63. The van der Waals surface area contributed by atoms with Crippen molar-refractivity contribution in [3.05, 3.63) is 34.6 Å². The van der Waals surface area contributed by atoms with Gasteiger partial charge < -0.3 is 15.5 Å². The lowest BCUT2D eigenvalue weighted by atomic mass is 10.1. The van der Waals surface area contributed by atoms with Gasteiger partial charge in [-0.05, 0) is 31.0 Å². The van der Waals surface area contributed by atoms with Crippen LogP contribution in [0.25, 0.3) is 0 Å². The minimum absolute atomic E-state index is 0. The van der Waals surface area contributed by atoms with Crippen LogP contribution in [0, 0.1) is 5.82 Å². The zero-order valence-corrected chi connectivity index (χ0v) is 14.0. The van der Waals surface area contributed by atoms with E-state index < -0.39 is 11.4 Å². The van der Waals surface area contributed by atoms with Crippen LogP contribution in [0.4, 0.5) is 4.39 Å². The summed E-state index contributed by atoms with van der Waals surface area (Å²) < 4.78 is 13.8. The monoisotopic (exact) mass is 361 g/mol. The number of carbonyl (C=O) groups excluding carboxylic acids is 2. The van der Waals surface area contributed by atoms with E-state index in [0.717, 1.165) is 18.9 Å². The minimum Gasteiger partial charge on any atom is -0.338 e. The first kappa shape index (κ1) is 18.0. The molecule has 0 aromatic heterocycles. The number of halogens is 3. The predicted octanol–water partition coefficient (Wildman–Crippen LogP) is 1.68. The van der Waals surface area contributed by atoms with Gasteiger partial charge >= 0.3 is 0 Å². The number of benzene rings is 1. The first-order chi connectivity index (χ1) is 10.4. The maximum Gasteiger partial charge on any atom is 0.256 e. The quantitative estimate of drug-likeness (QED) is 0.871. The molecule has 0 atom stereocenters. The fourth-order valence-corrected chi connectivity index (χ4v) is 2.77. The summed E-state index contributed by atoms with van der Waals surface area (Å²) in [4.78, 5) is 27.7. The summed E-state index contributed by atoms with van der Waals surface area (Å²) in [7, 11) is 0. The molecule has 0 spiro atoms. The summed E-state index contributed by atoms with van der Waals surface area (Å²) in [5, 5.41) is 0.252. The first-order valence-corrected chi connectivity index (χ1v) is 7.61. The fourth-order valence-electron chi connectivity index (χ4n) is 2.61. The Balaban J connectivity index is 0.00000192. The molecule has 126 valence electrons. The topological polar surface area (TPSA) is 66.6 Å². The number of piperazine rings is 1. The molecule has 1 heterocycles. The molecule has 2 aliphatic rings. The summed E-state index contributed by atoms with van der Waals surface area (Å²) in [5.74, 6) is -1.05. The zero-order valence-electron chi connectivity index (χ0n) is 12.4. The van der Waals surface area contributed by atoms with Crippen LogP contribution in [0.2, 0.25) is 5.02 Å². The molecule has 1 aromatic carbocycles. The molecule has 1 aliphatic carbocycles. The molecule has 1 saturated carbocycles. The normalized spacial score (nSPS) is 19.1. The van der Waals surface area contributed by atoms with Gasteiger partial charge in [-0.1, -0.05) is 11.6 Å². The maximum absolute atomic E-state index is 13.8. The van der Waals surface area contributed by atoms with Crippen molar-refractivity contribution in [3.8, 4) is 0 Å². The number of hydrogen-bond donors (Lipinski definition) is 1. The van der Waals surface area contributed by atoms with Crippen LogP contribution in [-0.2, 0) is 4.79 Å². The Kier molecular flexibility index (Phi) is 5.18. The highest BCUT2D eigenvalue weighted by atomic mass is 35.5. The molecule has 1 aromatic rings. The van der Waals surface area contributed by atoms with Crippen molar-refractivity contribution < 1.29 is 14.0 Å². The van der Waals surface area contributed by atoms with Crippen LogP contribution in [-0.4, -0.2) is 53.3 Å². The van der Waals surface area contributed by atoms with Gasteiger partial charge in [-0.15, -0.1) is 12.4 Å². The lowest BCUT2D eigenvalue weighted by Gasteiger charge is -2.36.